The maximum Gasteiger partial charge on any atom is 0.309 e. The van der Waals surface area contributed by atoms with Crippen LogP contribution in [0.15, 0.2) is 35.4 Å². The number of ether oxygens (including phenoxy) is 5. The Hall–Kier alpha value is -2.77. The molecule has 406 valence electrons. The van der Waals surface area contributed by atoms with E-state index < -0.39 is 130 Å². The van der Waals surface area contributed by atoms with Gasteiger partial charge >= 0.3 is 5.97 Å². The van der Waals surface area contributed by atoms with Crippen molar-refractivity contribution >= 4 is 16.0 Å². The summed E-state index contributed by atoms with van der Waals surface area (Å²) in [6.07, 6.45) is -5.56. The van der Waals surface area contributed by atoms with Crippen LogP contribution in [0.1, 0.15) is 112 Å². The highest BCUT2D eigenvalue weighted by atomic mass is 32.2. The van der Waals surface area contributed by atoms with Crippen molar-refractivity contribution in [3.8, 4) is 0 Å². The van der Waals surface area contributed by atoms with Crippen LogP contribution in [0.25, 0.3) is 0 Å². The van der Waals surface area contributed by atoms with Gasteiger partial charge in [0.25, 0.3) is 0 Å². The number of nitrogens with zero attached hydrogens (tertiary/aromatic N) is 5. The summed E-state index contributed by atoms with van der Waals surface area (Å²) in [5, 5.41) is 73.8. The number of aromatic nitrogens is 3. The Labute approximate surface area is 420 Å². The predicted octanol–water partition coefficient (Wildman–Crippen LogP) is 2.78. The third kappa shape index (κ3) is 13.8. The highest BCUT2D eigenvalue weighted by Crippen LogP contribution is 2.45. The number of halogens is 1. The first-order chi connectivity index (χ1) is 33.0. The molecule has 0 radical (unpaired) electrons. The van der Waals surface area contributed by atoms with E-state index in [4.69, 9.17) is 28.8 Å². The van der Waals surface area contributed by atoms with Crippen LogP contribution in [0.4, 0.5) is 4.39 Å². The number of aliphatic hydroxyl groups excluding tert-OH is 3. The molecule has 19 nitrogen and oxygen atoms in total. The van der Waals surface area contributed by atoms with Gasteiger partial charge in [-0.2, -0.15) is 0 Å². The van der Waals surface area contributed by atoms with E-state index in [1.54, 1.807) is 59.9 Å². The first kappa shape index (κ1) is 59.1. The zero-order valence-corrected chi connectivity index (χ0v) is 44.9. The average molecular weight is 1030 g/mol. The molecule has 0 spiro atoms. The minimum atomic E-state index is -3.87. The molecular formula is C50H85FN6O13S. The van der Waals surface area contributed by atoms with Gasteiger partial charge in [0, 0.05) is 57.2 Å². The lowest BCUT2D eigenvalue weighted by Crippen LogP contribution is -2.62. The molecule has 0 aliphatic carbocycles. The summed E-state index contributed by atoms with van der Waals surface area (Å²) in [6, 6.07) is 4.17. The number of cyclic esters (lactones) is 1. The van der Waals surface area contributed by atoms with Crippen molar-refractivity contribution in [3.05, 3.63) is 41.7 Å². The van der Waals surface area contributed by atoms with Crippen molar-refractivity contribution < 1.29 is 66.8 Å². The lowest BCUT2D eigenvalue weighted by atomic mass is 9.68. The Balaban J connectivity index is 1.44. The van der Waals surface area contributed by atoms with Gasteiger partial charge < -0.3 is 59.0 Å². The third-order valence-corrected chi connectivity index (χ3v) is 16.9. The molecule has 0 bridgehead atoms. The third-order valence-electron chi connectivity index (χ3n) is 16.0. The van der Waals surface area contributed by atoms with Crippen molar-refractivity contribution in [1.29, 1.82) is 0 Å². The van der Waals surface area contributed by atoms with Gasteiger partial charge in [-0.05, 0) is 111 Å². The molecular weight excluding hydrogens is 944 g/mol. The standard InChI is InChI=1S/C50H85FN6O13S/c1-14-40-50(10,63)43(59)32(6)56(12)26-28(2)23-48(8,62)45(30(4)41(31(5)46(61)69-40)39-24-49(9,66-13)44(60)33(7)68-39)70-47-42(58)38(21-29(3)67-47)55(11)20-19-35-27-57(54-53-35)36(25-51)22-34-15-17-37(18-16-34)71(52,64)65/h15-18,27-33,36,38-45,47,58-60,62-63H,14,19-26H2,1-13H3,(H2,52,64,65)/t28-,29-,30+,31-,32-,33+,36+,38+,39-,40-,41?,42-,43-,44+,45-,47+,48-,49-,50-/m1/s1. The molecule has 3 fully saturated rings. The Morgan fingerprint density at radius 1 is 1.01 bits per heavy atom. The molecule has 1 unspecified atom stereocenters. The number of likely N-dealkylation sites (N-methyl/N-ethyl adjacent to an activating group) is 2. The Morgan fingerprint density at radius 3 is 2.25 bits per heavy atom. The highest BCUT2D eigenvalue weighted by Gasteiger charge is 2.55. The van der Waals surface area contributed by atoms with Crippen LogP contribution in [-0.4, -0.2) is 190 Å². The number of sulfonamides is 1. The fraction of sp³-hybridized carbons (Fsp3) is 0.820. The lowest BCUT2D eigenvalue weighted by Gasteiger charge is -2.51. The van der Waals surface area contributed by atoms with E-state index in [0.717, 1.165) is 0 Å². The second kappa shape index (κ2) is 23.8. The highest BCUT2D eigenvalue weighted by molar-refractivity contribution is 7.89. The van der Waals surface area contributed by atoms with Crippen LogP contribution >= 0.6 is 0 Å². The van der Waals surface area contributed by atoms with Crippen molar-refractivity contribution in [1.82, 2.24) is 24.8 Å². The number of carbonyl (C=O) groups excluding carboxylic acids is 1. The SMILES string of the molecule is CC[C@H]1OC(=O)[C@H](C)C([C@H]2C[C@@](C)(OC)[C@@H](O)[C@H](C)O2)[C@H](C)[C@@H](O[C@@H]2O[C@H](C)C[C@H](N(C)CCc3cn([C@H](CF)Cc4ccc(S(N)(=O)=O)cc4)nn3)[C@H]2O)[C@](C)(O)C[C@@H](C)CN(C)[C@H](C)[C@@H](O)[C@]1(C)O. The van der Waals surface area contributed by atoms with Gasteiger partial charge in [-0.15, -0.1) is 5.10 Å². The number of aliphatic hydroxyl groups is 5. The molecule has 3 aliphatic rings. The summed E-state index contributed by atoms with van der Waals surface area (Å²) in [6.45, 7) is 17.8. The first-order valence-electron chi connectivity index (χ1n) is 25.2. The molecule has 1 aromatic carbocycles. The average Bonchev–Trinajstić information content (AvgIpc) is 3.78. The van der Waals surface area contributed by atoms with E-state index in [-0.39, 0.29) is 36.5 Å². The van der Waals surface area contributed by atoms with Gasteiger partial charge in [-0.1, -0.05) is 45.0 Å². The van der Waals surface area contributed by atoms with Crippen LogP contribution in [0, 0.1) is 23.7 Å². The molecule has 0 amide bonds. The number of alkyl halides is 1. The quantitative estimate of drug-likeness (QED) is 0.149. The Bertz CT molecular complexity index is 2140. The van der Waals surface area contributed by atoms with Gasteiger partial charge in [-0.3, -0.25) is 4.79 Å². The van der Waals surface area contributed by atoms with E-state index in [1.165, 1.54) is 30.8 Å². The Morgan fingerprint density at radius 2 is 1.66 bits per heavy atom. The van der Waals surface area contributed by atoms with Gasteiger partial charge in [0.2, 0.25) is 10.0 Å². The number of hydrogen-bond donors (Lipinski definition) is 6. The van der Waals surface area contributed by atoms with E-state index >= 15 is 0 Å². The molecule has 0 saturated carbocycles. The second-order valence-corrected chi connectivity index (χ2v) is 23.5. The zero-order valence-electron chi connectivity index (χ0n) is 44.1. The summed E-state index contributed by atoms with van der Waals surface area (Å²) in [4.78, 5) is 18.5. The molecule has 3 saturated heterocycles. The van der Waals surface area contributed by atoms with Crippen LogP contribution in [0.2, 0.25) is 0 Å². The maximum atomic E-state index is 14.6. The van der Waals surface area contributed by atoms with Crippen LogP contribution < -0.4 is 5.14 Å². The van der Waals surface area contributed by atoms with E-state index in [9.17, 15) is 43.1 Å². The number of hydrogen-bond acceptors (Lipinski definition) is 17. The summed E-state index contributed by atoms with van der Waals surface area (Å²) in [5.74, 6) is -3.31. The summed E-state index contributed by atoms with van der Waals surface area (Å²) in [5.41, 5.74) is -3.26. The fourth-order valence-corrected chi connectivity index (χ4v) is 12.1. The summed E-state index contributed by atoms with van der Waals surface area (Å²) in [7, 11) is 1.34. The lowest BCUT2D eigenvalue weighted by molar-refractivity contribution is -0.302. The number of primary sulfonamides is 1. The Kier molecular flexibility index (Phi) is 19.8. The van der Waals surface area contributed by atoms with Crippen LogP contribution in [0.3, 0.4) is 0 Å². The first-order valence-corrected chi connectivity index (χ1v) is 26.7. The molecule has 3 aliphatic heterocycles. The second-order valence-electron chi connectivity index (χ2n) is 21.9. The molecule has 4 heterocycles. The van der Waals surface area contributed by atoms with Gasteiger partial charge in [0.1, 0.15) is 36.7 Å². The minimum absolute atomic E-state index is 0.0394. The predicted molar refractivity (Wildman–Crippen MR) is 262 cm³/mol. The van der Waals surface area contributed by atoms with Crippen molar-refractivity contribution in [2.24, 2.45) is 28.8 Å². The zero-order chi connectivity index (χ0) is 53.1. The normalized spacial score (nSPS) is 40.2. The van der Waals surface area contributed by atoms with Gasteiger partial charge in [-0.25, -0.2) is 22.6 Å². The molecule has 1 aromatic heterocycles. The van der Waals surface area contributed by atoms with Crippen molar-refractivity contribution in [2.45, 2.75) is 203 Å². The van der Waals surface area contributed by atoms with Crippen molar-refractivity contribution in [2.75, 3.05) is 41.0 Å². The minimum Gasteiger partial charge on any atom is -0.459 e. The van der Waals surface area contributed by atoms with Gasteiger partial charge in [0.05, 0.1) is 58.2 Å². The number of benzene rings is 1. The van der Waals surface area contributed by atoms with Crippen molar-refractivity contribution in [3.63, 3.8) is 0 Å². The van der Waals surface area contributed by atoms with E-state index in [0.29, 0.717) is 37.2 Å². The van der Waals surface area contributed by atoms with E-state index in [2.05, 4.69) is 10.3 Å². The number of rotatable bonds is 14. The number of nitrogens with two attached hydrogens (primary N) is 1. The fourth-order valence-electron chi connectivity index (χ4n) is 11.6. The molecule has 5 rings (SSSR count). The molecule has 71 heavy (non-hydrogen) atoms. The molecule has 19 atom stereocenters. The smallest absolute Gasteiger partial charge is 0.309 e. The maximum absolute atomic E-state index is 14.6. The molecule has 7 N–H and O–H groups in total. The summed E-state index contributed by atoms with van der Waals surface area (Å²) >= 11 is 0. The monoisotopic (exact) mass is 1030 g/mol. The number of methoxy groups -OCH3 is 1. The topological polar surface area (TPSA) is 262 Å². The van der Waals surface area contributed by atoms with Gasteiger partial charge in [0.15, 0.2) is 6.29 Å². The summed E-state index contributed by atoms with van der Waals surface area (Å²) < 4.78 is 71.3. The van der Waals surface area contributed by atoms with Crippen LogP contribution in [0.5, 0.6) is 0 Å². The largest absolute Gasteiger partial charge is 0.459 e. The van der Waals surface area contributed by atoms with Crippen LogP contribution in [-0.2, 0) is 51.3 Å². The molecule has 21 heteroatoms. The number of carbonyl (C=O) groups is 1. The van der Waals surface area contributed by atoms with E-state index in [1.807, 2.05) is 44.7 Å². The molecule has 2 aromatic rings. The number of esters is 1.